The van der Waals surface area contributed by atoms with Crippen LogP contribution in [0.4, 0.5) is 4.39 Å². The van der Waals surface area contributed by atoms with Crippen LogP contribution in [-0.4, -0.2) is 16.9 Å². The van der Waals surface area contributed by atoms with Crippen molar-refractivity contribution in [1.29, 1.82) is 0 Å². The summed E-state index contributed by atoms with van der Waals surface area (Å²) >= 11 is 6.76. The van der Waals surface area contributed by atoms with Crippen molar-refractivity contribution in [1.82, 2.24) is 5.32 Å². The zero-order chi connectivity index (χ0) is 13.7. The maximum absolute atomic E-state index is 12.9. The van der Waals surface area contributed by atoms with E-state index < -0.39 is 0 Å². The molecule has 1 aromatic rings. The first-order valence-electron chi connectivity index (χ1n) is 5.48. The second-order valence-corrected chi connectivity index (χ2v) is 5.56. The number of hydrogen-bond donors (Lipinski definition) is 2. The first-order valence-corrected chi connectivity index (χ1v) is 6.97. The van der Waals surface area contributed by atoms with E-state index in [9.17, 15) is 9.18 Å². The molecule has 18 heavy (non-hydrogen) atoms. The summed E-state index contributed by atoms with van der Waals surface area (Å²) in [6.45, 7) is 1.94. The summed E-state index contributed by atoms with van der Waals surface area (Å²) < 4.78 is 13.5. The number of rotatable bonds is 5. The number of halogens is 2. The number of carbonyl (C=O) groups excluding carboxylic acids is 1. The molecule has 0 fully saturated rings. The normalized spacial score (nSPS) is 11.9. The van der Waals surface area contributed by atoms with E-state index in [2.05, 4.69) is 5.32 Å². The van der Waals surface area contributed by atoms with E-state index in [-0.39, 0.29) is 17.8 Å². The molecular weight excluding hydrogens is 366 g/mol. The van der Waals surface area contributed by atoms with E-state index in [0.717, 1.165) is 6.42 Å². The summed E-state index contributed by atoms with van der Waals surface area (Å²) in [6.07, 6.45) is 1.20. The smallest absolute Gasteiger partial charge is 0.252 e. The lowest BCUT2D eigenvalue weighted by Crippen LogP contribution is -2.37. The van der Waals surface area contributed by atoms with Crippen molar-refractivity contribution in [2.45, 2.75) is 25.8 Å². The molecular formula is C12H14FIN2OS. The summed E-state index contributed by atoms with van der Waals surface area (Å²) in [5, 5.41) is 2.84. The minimum absolute atomic E-state index is 0.0872. The average molecular weight is 380 g/mol. The molecule has 0 spiro atoms. The van der Waals surface area contributed by atoms with Gasteiger partial charge in [-0.3, -0.25) is 4.79 Å². The van der Waals surface area contributed by atoms with Crippen LogP contribution in [0.1, 0.15) is 30.1 Å². The van der Waals surface area contributed by atoms with Gasteiger partial charge in [0.2, 0.25) is 0 Å². The molecule has 98 valence electrons. The Hall–Kier alpha value is -0.760. The number of hydrogen-bond acceptors (Lipinski definition) is 2. The third-order valence-corrected chi connectivity index (χ3v) is 3.51. The molecule has 0 heterocycles. The third kappa shape index (κ3) is 4.49. The molecule has 0 saturated heterocycles. The highest BCUT2D eigenvalue weighted by Gasteiger charge is 2.15. The summed E-state index contributed by atoms with van der Waals surface area (Å²) in [4.78, 5) is 12.4. The standard InChI is InChI=1S/C12H14FIN2OS/c1-2-8(6-11(15)18)16-12(17)9-4-3-7(13)5-10(9)14/h3-5,8H,2,6H2,1H3,(H2,15,18)(H,16,17). The summed E-state index contributed by atoms with van der Waals surface area (Å²) in [6, 6.07) is 3.98. The molecule has 6 heteroatoms. The van der Waals surface area contributed by atoms with Crippen molar-refractivity contribution in [2.24, 2.45) is 5.73 Å². The molecule has 1 atom stereocenters. The first kappa shape index (κ1) is 15.3. The molecule has 0 aliphatic rings. The van der Waals surface area contributed by atoms with Crippen molar-refractivity contribution in [2.75, 3.05) is 0 Å². The third-order valence-electron chi connectivity index (χ3n) is 2.45. The molecule has 0 radical (unpaired) electrons. The molecule has 0 saturated carbocycles. The lowest BCUT2D eigenvalue weighted by molar-refractivity contribution is 0.0936. The Morgan fingerprint density at radius 2 is 2.28 bits per heavy atom. The highest BCUT2D eigenvalue weighted by atomic mass is 127. The first-order chi connectivity index (χ1) is 8.43. The monoisotopic (exact) mass is 380 g/mol. The van der Waals surface area contributed by atoms with Gasteiger partial charge in [-0.05, 0) is 47.2 Å². The Morgan fingerprint density at radius 1 is 1.61 bits per heavy atom. The zero-order valence-electron chi connectivity index (χ0n) is 9.87. The molecule has 0 aliphatic heterocycles. The Labute approximate surface area is 124 Å². The van der Waals surface area contributed by atoms with Gasteiger partial charge in [0.05, 0.1) is 10.6 Å². The number of nitrogens with one attached hydrogen (secondary N) is 1. The molecule has 1 unspecified atom stereocenters. The van der Waals surface area contributed by atoms with Gasteiger partial charge in [-0.2, -0.15) is 0 Å². The molecule has 3 nitrogen and oxygen atoms in total. The zero-order valence-corrected chi connectivity index (χ0v) is 12.8. The summed E-state index contributed by atoms with van der Waals surface area (Å²) in [5.74, 6) is -0.589. The van der Waals surface area contributed by atoms with Gasteiger partial charge in [0.25, 0.3) is 5.91 Å². The minimum Gasteiger partial charge on any atom is -0.393 e. The highest BCUT2D eigenvalue weighted by molar-refractivity contribution is 14.1. The average Bonchev–Trinajstić information content (AvgIpc) is 2.27. The Morgan fingerprint density at radius 3 is 2.78 bits per heavy atom. The van der Waals surface area contributed by atoms with Crippen LogP contribution in [0, 0.1) is 9.39 Å². The van der Waals surface area contributed by atoms with Crippen LogP contribution in [0.2, 0.25) is 0 Å². The van der Waals surface area contributed by atoms with E-state index >= 15 is 0 Å². The van der Waals surface area contributed by atoms with Crippen LogP contribution in [0.5, 0.6) is 0 Å². The van der Waals surface area contributed by atoms with Gasteiger partial charge in [-0.15, -0.1) is 0 Å². The summed E-state index contributed by atoms with van der Waals surface area (Å²) in [7, 11) is 0. The number of benzene rings is 1. The second kappa shape index (κ2) is 6.98. The van der Waals surface area contributed by atoms with Crippen LogP contribution in [0.3, 0.4) is 0 Å². The largest absolute Gasteiger partial charge is 0.393 e. The number of thiocarbonyl (C=S) groups is 1. The summed E-state index contributed by atoms with van der Waals surface area (Å²) in [5.41, 5.74) is 5.92. The lowest BCUT2D eigenvalue weighted by atomic mass is 10.1. The molecule has 1 rings (SSSR count). The van der Waals surface area contributed by atoms with E-state index in [1.54, 1.807) is 0 Å². The molecule has 1 amide bonds. The van der Waals surface area contributed by atoms with Gasteiger partial charge in [0, 0.05) is 16.0 Å². The minimum atomic E-state index is -0.355. The molecule has 0 aromatic heterocycles. The van der Waals surface area contributed by atoms with E-state index in [1.807, 2.05) is 29.5 Å². The van der Waals surface area contributed by atoms with E-state index in [0.29, 0.717) is 20.5 Å². The predicted molar refractivity (Wildman–Crippen MR) is 82.1 cm³/mol. The van der Waals surface area contributed by atoms with Crippen LogP contribution in [0.15, 0.2) is 18.2 Å². The van der Waals surface area contributed by atoms with Crippen LogP contribution >= 0.6 is 34.8 Å². The molecule has 1 aromatic carbocycles. The van der Waals surface area contributed by atoms with Crippen LogP contribution in [-0.2, 0) is 0 Å². The topological polar surface area (TPSA) is 55.1 Å². The fourth-order valence-electron chi connectivity index (χ4n) is 1.48. The fraction of sp³-hybridized carbons (Fsp3) is 0.333. The van der Waals surface area contributed by atoms with E-state index in [1.165, 1.54) is 18.2 Å². The number of nitrogens with two attached hydrogens (primary N) is 1. The van der Waals surface area contributed by atoms with Gasteiger partial charge in [0.1, 0.15) is 5.82 Å². The van der Waals surface area contributed by atoms with Crippen molar-refractivity contribution in [3.8, 4) is 0 Å². The Kier molecular flexibility index (Phi) is 5.94. The van der Waals surface area contributed by atoms with Gasteiger partial charge >= 0.3 is 0 Å². The van der Waals surface area contributed by atoms with Crippen molar-refractivity contribution in [3.05, 3.63) is 33.1 Å². The van der Waals surface area contributed by atoms with Crippen LogP contribution < -0.4 is 11.1 Å². The van der Waals surface area contributed by atoms with Gasteiger partial charge in [-0.1, -0.05) is 19.1 Å². The lowest BCUT2D eigenvalue weighted by Gasteiger charge is -2.16. The quantitative estimate of drug-likeness (QED) is 0.610. The van der Waals surface area contributed by atoms with E-state index in [4.69, 9.17) is 18.0 Å². The molecule has 0 aliphatic carbocycles. The Bertz CT molecular complexity index is 467. The number of amides is 1. The number of carbonyl (C=O) groups is 1. The Balaban J connectivity index is 2.77. The fourth-order valence-corrected chi connectivity index (χ4v) is 2.40. The van der Waals surface area contributed by atoms with Crippen molar-refractivity contribution >= 4 is 45.7 Å². The van der Waals surface area contributed by atoms with Crippen molar-refractivity contribution < 1.29 is 9.18 Å². The van der Waals surface area contributed by atoms with Gasteiger partial charge < -0.3 is 11.1 Å². The maximum atomic E-state index is 12.9. The maximum Gasteiger partial charge on any atom is 0.252 e. The van der Waals surface area contributed by atoms with Gasteiger partial charge in [-0.25, -0.2) is 4.39 Å². The molecule has 0 bridgehead atoms. The SMILES string of the molecule is CCC(CC(N)=S)NC(=O)c1ccc(F)cc1I. The predicted octanol–water partition coefficient (Wildman–Crippen LogP) is 2.61. The van der Waals surface area contributed by atoms with Gasteiger partial charge in [0.15, 0.2) is 0 Å². The highest BCUT2D eigenvalue weighted by Crippen LogP contribution is 2.14. The van der Waals surface area contributed by atoms with Crippen molar-refractivity contribution in [3.63, 3.8) is 0 Å². The second-order valence-electron chi connectivity index (χ2n) is 3.87. The molecule has 3 N–H and O–H groups in total. The van der Waals surface area contributed by atoms with Crippen LogP contribution in [0.25, 0.3) is 0 Å².